The van der Waals surface area contributed by atoms with Crippen molar-refractivity contribution in [1.29, 1.82) is 0 Å². The Morgan fingerprint density at radius 1 is 0.941 bits per heavy atom. The molecule has 0 radical (unpaired) electrons. The minimum atomic E-state index is 0.732. The molecule has 2 nitrogen and oxygen atoms in total. The maximum atomic E-state index is 3.80. The van der Waals surface area contributed by atoms with Gasteiger partial charge in [0.05, 0.1) is 0 Å². The largest absolute Gasteiger partial charge is 0.312 e. The van der Waals surface area contributed by atoms with Crippen molar-refractivity contribution < 1.29 is 0 Å². The molecule has 1 atom stereocenters. The number of nitrogens with one attached hydrogen (secondary N) is 1. The Morgan fingerprint density at radius 3 is 2.18 bits per heavy atom. The summed E-state index contributed by atoms with van der Waals surface area (Å²) in [6.45, 7) is 6.26. The fourth-order valence-corrected chi connectivity index (χ4v) is 3.31. The monoisotopic (exact) mass is 238 g/mol. The molecule has 17 heavy (non-hydrogen) atoms. The summed E-state index contributed by atoms with van der Waals surface area (Å²) in [6, 6.07) is 1.55. The predicted octanol–water partition coefficient (Wildman–Crippen LogP) is 3.17. The first-order chi connectivity index (χ1) is 8.36. The second-order valence-electron chi connectivity index (χ2n) is 6.04. The normalized spacial score (nSPS) is 26.6. The molecule has 2 aliphatic rings. The molecule has 2 heteroatoms. The molecule has 1 saturated heterocycles. The number of hydrogen-bond donors (Lipinski definition) is 1. The average Bonchev–Trinajstić information content (AvgIpc) is 2.66. The van der Waals surface area contributed by atoms with E-state index in [4.69, 9.17) is 0 Å². The first-order valence-electron chi connectivity index (χ1n) is 7.83. The van der Waals surface area contributed by atoms with Gasteiger partial charge in [-0.25, -0.2) is 0 Å². The molecule has 0 aromatic carbocycles. The first-order valence-corrected chi connectivity index (χ1v) is 7.83. The summed E-state index contributed by atoms with van der Waals surface area (Å²) in [5, 5.41) is 3.80. The molecule has 1 N–H and O–H groups in total. The van der Waals surface area contributed by atoms with Gasteiger partial charge in [0.15, 0.2) is 0 Å². The van der Waals surface area contributed by atoms with E-state index >= 15 is 0 Å². The zero-order valence-corrected chi connectivity index (χ0v) is 11.6. The molecule has 0 aromatic heterocycles. The van der Waals surface area contributed by atoms with Crippen LogP contribution in [0.25, 0.3) is 0 Å². The molecule has 1 saturated carbocycles. The van der Waals surface area contributed by atoms with Crippen LogP contribution in [0.3, 0.4) is 0 Å². The number of nitrogens with zero attached hydrogens (tertiary/aromatic N) is 1. The first kappa shape index (κ1) is 13.4. The molecule has 1 aliphatic carbocycles. The highest BCUT2D eigenvalue weighted by atomic mass is 15.2. The van der Waals surface area contributed by atoms with Crippen molar-refractivity contribution in [2.24, 2.45) is 0 Å². The third-order valence-electron chi connectivity index (χ3n) is 4.57. The van der Waals surface area contributed by atoms with Crippen molar-refractivity contribution in [3.8, 4) is 0 Å². The lowest BCUT2D eigenvalue weighted by Crippen LogP contribution is -2.44. The van der Waals surface area contributed by atoms with Gasteiger partial charge in [0, 0.05) is 18.6 Å². The van der Waals surface area contributed by atoms with Gasteiger partial charge in [0.2, 0.25) is 0 Å². The molecular formula is C15H30N2. The molecular weight excluding hydrogens is 208 g/mol. The Labute approximate surface area is 107 Å². The van der Waals surface area contributed by atoms with Gasteiger partial charge >= 0.3 is 0 Å². The quantitative estimate of drug-likeness (QED) is 0.809. The van der Waals surface area contributed by atoms with Crippen LogP contribution in [0.15, 0.2) is 0 Å². The van der Waals surface area contributed by atoms with E-state index in [1.807, 2.05) is 0 Å². The van der Waals surface area contributed by atoms with E-state index in [1.165, 1.54) is 77.4 Å². The van der Waals surface area contributed by atoms with E-state index in [-0.39, 0.29) is 0 Å². The minimum Gasteiger partial charge on any atom is -0.312 e. The van der Waals surface area contributed by atoms with Gasteiger partial charge in [-0.1, -0.05) is 32.1 Å². The molecule has 0 spiro atoms. The van der Waals surface area contributed by atoms with Crippen LogP contribution in [0.1, 0.15) is 64.7 Å². The summed E-state index contributed by atoms with van der Waals surface area (Å²) >= 11 is 0. The van der Waals surface area contributed by atoms with Crippen LogP contribution >= 0.6 is 0 Å². The Balaban J connectivity index is 1.66. The van der Waals surface area contributed by atoms with Crippen LogP contribution in [-0.4, -0.2) is 36.6 Å². The number of hydrogen-bond acceptors (Lipinski definition) is 2. The highest BCUT2D eigenvalue weighted by molar-refractivity contribution is 4.77. The van der Waals surface area contributed by atoms with Crippen molar-refractivity contribution in [1.82, 2.24) is 10.2 Å². The number of likely N-dealkylation sites (tertiary alicyclic amines) is 1. The second-order valence-corrected chi connectivity index (χ2v) is 6.04. The lowest BCUT2D eigenvalue weighted by Gasteiger charge is -2.30. The Kier molecular flexibility index (Phi) is 5.79. The Bertz CT molecular complexity index is 191. The van der Waals surface area contributed by atoms with Gasteiger partial charge in [0.1, 0.15) is 0 Å². The third kappa shape index (κ3) is 4.59. The molecule has 0 aromatic rings. The molecule has 1 aliphatic heterocycles. The Hall–Kier alpha value is -0.0800. The van der Waals surface area contributed by atoms with Crippen LogP contribution in [0.5, 0.6) is 0 Å². The SMILES string of the molecule is CC(CNC1CCCCC1)N1CCCCCC1. The van der Waals surface area contributed by atoms with E-state index in [0.29, 0.717) is 0 Å². The maximum Gasteiger partial charge on any atom is 0.0192 e. The number of rotatable bonds is 4. The molecule has 2 fully saturated rings. The zero-order chi connectivity index (χ0) is 11.9. The van der Waals surface area contributed by atoms with Gasteiger partial charge in [-0.3, -0.25) is 4.90 Å². The summed E-state index contributed by atoms with van der Waals surface area (Å²) in [4.78, 5) is 2.70. The highest BCUT2D eigenvalue weighted by Crippen LogP contribution is 2.18. The summed E-state index contributed by atoms with van der Waals surface area (Å²) in [5.41, 5.74) is 0. The lowest BCUT2D eigenvalue weighted by molar-refractivity contribution is 0.203. The van der Waals surface area contributed by atoms with Gasteiger partial charge in [-0.2, -0.15) is 0 Å². The standard InChI is InChI=1S/C15H30N2/c1-14(17-11-7-2-3-8-12-17)13-16-15-9-5-4-6-10-15/h14-16H,2-13H2,1H3. The minimum absolute atomic E-state index is 0.732. The van der Waals surface area contributed by atoms with Crippen molar-refractivity contribution in [2.45, 2.75) is 76.8 Å². The predicted molar refractivity (Wildman–Crippen MR) is 74.4 cm³/mol. The van der Waals surface area contributed by atoms with Gasteiger partial charge < -0.3 is 5.32 Å². The molecule has 0 amide bonds. The van der Waals surface area contributed by atoms with Gasteiger partial charge in [-0.15, -0.1) is 0 Å². The fourth-order valence-electron chi connectivity index (χ4n) is 3.31. The van der Waals surface area contributed by atoms with Crippen molar-refractivity contribution >= 4 is 0 Å². The smallest absolute Gasteiger partial charge is 0.0192 e. The summed E-state index contributed by atoms with van der Waals surface area (Å²) < 4.78 is 0. The van der Waals surface area contributed by atoms with E-state index < -0.39 is 0 Å². The highest BCUT2D eigenvalue weighted by Gasteiger charge is 2.18. The summed E-state index contributed by atoms with van der Waals surface area (Å²) in [5.74, 6) is 0. The van der Waals surface area contributed by atoms with Crippen molar-refractivity contribution in [2.75, 3.05) is 19.6 Å². The third-order valence-corrected chi connectivity index (χ3v) is 4.57. The molecule has 0 bridgehead atoms. The second kappa shape index (κ2) is 7.38. The van der Waals surface area contributed by atoms with E-state index in [1.54, 1.807) is 0 Å². The van der Waals surface area contributed by atoms with Gasteiger partial charge in [-0.05, 0) is 45.7 Å². The Morgan fingerprint density at radius 2 is 1.53 bits per heavy atom. The lowest BCUT2D eigenvalue weighted by atomic mass is 9.95. The zero-order valence-electron chi connectivity index (χ0n) is 11.6. The molecule has 100 valence electrons. The van der Waals surface area contributed by atoms with Crippen LogP contribution in [0, 0.1) is 0 Å². The molecule has 1 unspecified atom stereocenters. The van der Waals surface area contributed by atoms with Crippen molar-refractivity contribution in [3.05, 3.63) is 0 Å². The van der Waals surface area contributed by atoms with Crippen LogP contribution in [-0.2, 0) is 0 Å². The molecule has 1 heterocycles. The average molecular weight is 238 g/mol. The fraction of sp³-hybridized carbons (Fsp3) is 1.00. The van der Waals surface area contributed by atoms with E-state index in [0.717, 1.165) is 12.1 Å². The summed E-state index contributed by atoms with van der Waals surface area (Å²) in [6.07, 6.45) is 12.9. The van der Waals surface area contributed by atoms with E-state index in [9.17, 15) is 0 Å². The topological polar surface area (TPSA) is 15.3 Å². The summed E-state index contributed by atoms with van der Waals surface area (Å²) in [7, 11) is 0. The van der Waals surface area contributed by atoms with Crippen LogP contribution in [0.4, 0.5) is 0 Å². The van der Waals surface area contributed by atoms with Gasteiger partial charge in [0.25, 0.3) is 0 Å². The van der Waals surface area contributed by atoms with Crippen molar-refractivity contribution in [3.63, 3.8) is 0 Å². The maximum absolute atomic E-state index is 3.80. The molecule has 2 rings (SSSR count). The van der Waals surface area contributed by atoms with E-state index in [2.05, 4.69) is 17.1 Å². The van der Waals surface area contributed by atoms with Crippen LogP contribution in [0.2, 0.25) is 0 Å². The van der Waals surface area contributed by atoms with Crippen LogP contribution < -0.4 is 5.32 Å².